The Kier molecular flexibility index (Phi) is 4.60. The maximum absolute atomic E-state index is 13.0. The average Bonchev–Trinajstić information content (AvgIpc) is 3.12. The SMILES string of the molecule is O=C(C1CC=CCC1)N1CCC(C(=O)N2CCc3ccccc32)CC1. The highest BCUT2D eigenvalue weighted by Crippen LogP contribution is 2.31. The fourth-order valence-corrected chi connectivity index (χ4v) is 4.41. The van der Waals surface area contributed by atoms with Gasteiger partial charge in [0.1, 0.15) is 0 Å². The molecule has 3 aliphatic rings. The second-order valence-electron chi connectivity index (χ2n) is 7.45. The van der Waals surface area contributed by atoms with Crippen molar-refractivity contribution in [3.63, 3.8) is 0 Å². The molecule has 0 aromatic heterocycles. The fourth-order valence-electron chi connectivity index (χ4n) is 4.41. The predicted molar refractivity (Wildman–Crippen MR) is 98.3 cm³/mol. The van der Waals surface area contributed by atoms with Crippen LogP contribution in [0.1, 0.15) is 37.7 Å². The lowest BCUT2D eigenvalue weighted by molar-refractivity contribution is -0.138. The molecule has 0 spiro atoms. The molecule has 25 heavy (non-hydrogen) atoms. The number of allylic oxidation sites excluding steroid dienone is 2. The Morgan fingerprint density at radius 1 is 0.880 bits per heavy atom. The Morgan fingerprint density at radius 3 is 2.44 bits per heavy atom. The van der Waals surface area contributed by atoms with Crippen LogP contribution in [-0.2, 0) is 16.0 Å². The van der Waals surface area contributed by atoms with Crippen LogP contribution in [0.3, 0.4) is 0 Å². The van der Waals surface area contributed by atoms with Gasteiger partial charge in [-0.15, -0.1) is 0 Å². The van der Waals surface area contributed by atoms with Crippen molar-refractivity contribution >= 4 is 17.5 Å². The molecule has 4 nitrogen and oxygen atoms in total. The number of hydrogen-bond acceptors (Lipinski definition) is 2. The lowest BCUT2D eigenvalue weighted by atomic mass is 9.90. The summed E-state index contributed by atoms with van der Waals surface area (Å²) in [5.74, 6) is 0.753. The van der Waals surface area contributed by atoms with E-state index in [2.05, 4.69) is 24.3 Å². The van der Waals surface area contributed by atoms with E-state index in [1.54, 1.807) is 0 Å². The molecule has 1 saturated heterocycles. The van der Waals surface area contributed by atoms with Gasteiger partial charge in [0.05, 0.1) is 0 Å². The van der Waals surface area contributed by atoms with Gasteiger partial charge in [-0.2, -0.15) is 0 Å². The first-order valence-electron chi connectivity index (χ1n) is 9.57. The van der Waals surface area contributed by atoms with E-state index in [-0.39, 0.29) is 17.7 Å². The number of fused-ring (bicyclic) bond motifs is 1. The maximum Gasteiger partial charge on any atom is 0.230 e. The van der Waals surface area contributed by atoms with Gasteiger partial charge in [0.25, 0.3) is 0 Å². The first kappa shape index (κ1) is 16.4. The molecule has 1 atom stereocenters. The molecule has 0 radical (unpaired) electrons. The average molecular weight is 338 g/mol. The Balaban J connectivity index is 1.35. The summed E-state index contributed by atoms with van der Waals surface area (Å²) in [7, 11) is 0. The van der Waals surface area contributed by atoms with Gasteiger partial charge in [-0.3, -0.25) is 9.59 Å². The zero-order valence-electron chi connectivity index (χ0n) is 14.7. The monoisotopic (exact) mass is 338 g/mol. The van der Waals surface area contributed by atoms with E-state index in [4.69, 9.17) is 0 Å². The second kappa shape index (κ2) is 7.03. The lowest BCUT2D eigenvalue weighted by Crippen LogP contribution is -2.46. The predicted octanol–water partition coefficient (Wildman–Crippen LogP) is 3.17. The largest absolute Gasteiger partial charge is 0.342 e. The Morgan fingerprint density at radius 2 is 1.68 bits per heavy atom. The number of likely N-dealkylation sites (tertiary alicyclic amines) is 1. The molecule has 1 aromatic carbocycles. The summed E-state index contributed by atoms with van der Waals surface area (Å²) >= 11 is 0. The van der Waals surface area contributed by atoms with Gasteiger partial charge in [0.15, 0.2) is 0 Å². The van der Waals surface area contributed by atoms with Crippen LogP contribution in [0.5, 0.6) is 0 Å². The van der Waals surface area contributed by atoms with Gasteiger partial charge < -0.3 is 9.80 Å². The third-order valence-electron chi connectivity index (χ3n) is 5.93. The smallest absolute Gasteiger partial charge is 0.230 e. The van der Waals surface area contributed by atoms with E-state index in [0.29, 0.717) is 5.91 Å². The highest BCUT2D eigenvalue weighted by Gasteiger charge is 2.34. The van der Waals surface area contributed by atoms with E-state index >= 15 is 0 Å². The molecule has 2 amide bonds. The third-order valence-corrected chi connectivity index (χ3v) is 5.93. The van der Waals surface area contributed by atoms with Gasteiger partial charge in [0, 0.05) is 37.2 Å². The van der Waals surface area contributed by atoms with Gasteiger partial charge in [-0.1, -0.05) is 30.4 Å². The minimum absolute atomic E-state index is 0.0569. The van der Waals surface area contributed by atoms with Crippen molar-refractivity contribution in [2.24, 2.45) is 11.8 Å². The normalized spacial score (nSPS) is 23.6. The highest BCUT2D eigenvalue weighted by molar-refractivity contribution is 5.97. The molecule has 4 heteroatoms. The van der Waals surface area contributed by atoms with Crippen LogP contribution in [0.25, 0.3) is 0 Å². The summed E-state index contributed by atoms with van der Waals surface area (Å²) in [5.41, 5.74) is 2.36. The fraction of sp³-hybridized carbons (Fsp3) is 0.524. The molecule has 132 valence electrons. The molecule has 2 aliphatic heterocycles. The topological polar surface area (TPSA) is 40.6 Å². The van der Waals surface area contributed by atoms with Crippen LogP contribution in [0.2, 0.25) is 0 Å². The van der Waals surface area contributed by atoms with Crippen molar-refractivity contribution in [1.82, 2.24) is 4.90 Å². The molecular weight excluding hydrogens is 312 g/mol. The van der Waals surface area contributed by atoms with Gasteiger partial charge >= 0.3 is 0 Å². The Labute approximate surface area is 149 Å². The molecular formula is C21H26N2O2. The van der Waals surface area contributed by atoms with Crippen molar-refractivity contribution in [3.8, 4) is 0 Å². The zero-order chi connectivity index (χ0) is 17.2. The molecule has 0 saturated carbocycles. The number of amides is 2. The minimum atomic E-state index is 0.0569. The molecule has 1 aliphatic carbocycles. The van der Waals surface area contributed by atoms with Crippen LogP contribution in [-0.4, -0.2) is 36.3 Å². The van der Waals surface area contributed by atoms with E-state index < -0.39 is 0 Å². The van der Waals surface area contributed by atoms with Crippen LogP contribution < -0.4 is 4.90 Å². The van der Waals surface area contributed by atoms with Gasteiger partial charge in [-0.25, -0.2) is 0 Å². The van der Waals surface area contributed by atoms with Crippen molar-refractivity contribution in [2.45, 2.75) is 38.5 Å². The zero-order valence-corrected chi connectivity index (χ0v) is 14.7. The van der Waals surface area contributed by atoms with Crippen LogP contribution in [0.4, 0.5) is 5.69 Å². The summed E-state index contributed by atoms with van der Waals surface area (Å²) in [4.78, 5) is 29.6. The summed E-state index contributed by atoms with van der Waals surface area (Å²) in [6.45, 7) is 2.25. The molecule has 0 bridgehead atoms. The van der Waals surface area contributed by atoms with E-state index in [9.17, 15) is 9.59 Å². The Bertz CT molecular complexity index is 689. The molecule has 1 aromatic rings. The maximum atomic E-state index is 13.0. The number of hydrogen-bond donors (Lipinski definition) is 0. The summed E-state index contributed by atoms with van der Waals surface area (Å²) in [6, 6.07) is 8.21. The van der Waals surface area contributed by atoms with Crippen molar-refractivity contribution < 1.29 is 9.59 Å². The quantitative estimate of drug-likeness (QED) is 0.777. The number of nitrogens with zero attached hydrogens (tertiary/aromatic N) is 2. The number of para-hydroxylation sites is 1. The van der Waals surface area contributed by atoms with E-state index in [1.165, 1.54) is 5.56 Å². The Hall–Kier alpha value is -2.10. The standard InChI is InChI=1S/C21H26N2O2/c24-20(17-7-2-1-3-8-17)22-13-10-18(11-14-22)21(25)23-15-12-16-6-4-5-9-19(16)23/h1-2,4-6,9,17-18H,3,7-8,10-15H2. The first-order chi connectivity index (χ1) is 12.2. The number of anilines is 1. The molecule has 1 fully saturated rings. The lowest BCUT2D eigenvalue weighted by Gasteiger charge is -2.35. The second-order valence-corrected chi connectivity index (χ2v) is 7.45. The number of benzene rings is 1. The summed E-state index contributed by atoms with van der Waals surface area (Å²) in [5, 5.41) is 0. The molecule has 0 N–H and O–H groups in total. The van der Waals surface area contributed by atoms with Gasteiger partial charge in [0.2, 0.25) is 11.8 Å². The number of rotatable bonds is 2. The highest BCUT2D eigenvalue weighted by atomic mass is 16.2. The van der Waals surface area contributed by atoms with Crippen molar-refractivity contribution in [2.75, 3.05) is 24.5 Å². The third kappa shape index (κ3) is 3.22. The summed E-state index contributed by atoms with van der Waals surface area (Å²) < 4.78 is 0. The number of piperidine rings is 1. The van der Waals surface area contributed by atoms with Gasteiger partial charge in [-0.05, 0) is 50.2 Å². The summed E-state index contributed by atoms with van der Waals surface area (Å²) in [6.07, 6.45) is 9.71. The minimum Gasteiger partial charge on any atom is -0.342 e. The number of carbonyl (C=O) groups excluding carboxylic acids is 2. The van der Waals surface area contributed by atoms with Crippen molar-refractivity contribution in [3.05, 3.63) is 42.0 Å². The number of carbonyl (C=O) groups is 2. The molecule has 2 heterocycles. The van der Waals surface area contributed by atoms with E-state index in [0.717, 1.165) is 63.8 Å². The van der Waals surface area contributed by atoms with E-state index in [1.807, 2.05) is 21.9 Å². The van der Waals surface area contributed by atoms with Crippen molar-refractivity contribution in [1.29, 1.82) is 0 Å². The van der Waals surface area contributed by atoms with Crippen LogP contribution in [0, 0.1) is 11.8 Å². The first-order valence-corrected chi connectivity index (χ1v) is 9.57. The van der Waals surface area contributed by atoms with Crippen LogP contribution in [0.15, 0.2) is 36.4 Å². The molecule has 4 rings (SSSR count). The molecule has 1 unspecified atom stereocenters. The van der Waals surface area contributed by atoms with Crippen LogP contribution >= 0.6 is 0 Å².